The van der Waals surface area contributed by atoms with Gasteiger partial charge in [0.1, 0.15) is 6.04 Å². The van der Waals surface area contributed by atoms with Crippen molar-refractivity contribution in [2.75, 3.05) is 7.05 Å². The number of H-pyrrole nitrogens is 1. The van der Waals surface area contributed by atoms with E-state index in [-0.39, 0.29) is 36.1 Å². The molecule has 1 heterocycles. The second kappa shape index (κ2) is 12.6. The van der Waals surface area contributed by atoms with Crippen LogP contribution in [0.3, 0.4) is 0 Å². The lowest BCUT2D eigenvalue weighted by atomic mass is 9.85. The Bertz CT molecular complexity index is 1010. The third-order valence-electron chi connectivity index (χ3n) is 6.89. The van der Waals surface area contributed by atoms with E-state index in [2.05, 4.69) is 34.8 Å². The fourth-order valence-corrected chi connectivity index (χ4v) is 5.04. The number of aromatic hydroxyl groups is 1. The maximum atomic E-state index is 13.4. The van der Waals surface area contributed by atoms with Crippen LogP contribution in [-0.4, -0.2) is 46.9 Å². The Balaban J connectivity index is 1.73. The van der Waals surface area contributed by atoms with E-state index in [1.165, 1.54) is 32.1 Å². The Labute approximate surface area is 207 Å². The number of hydrogen-bond acceptors (Lipinski definition) is 4. The summed E-state index contributed by atoms with van der Waals surface area (Å²) in [5, 5.41) is 19.0. The monoisotopic (exact) mass is 484 g/mol. The molecule has 5 N–H and O–H groups in total. The molecule has 3 rings (SSSR count). The molecule has 0 bridgehead atoms. The van der Waals surface area contributed by atoms with Gasteiger partial charge in [-0.15, -0.1) is 0 Å². The molecule has 1 fully saturated rings. The Kier molecular flexibility index (Phi) is 9.57. The average molecular weight is 485 g/mol. The minimum absolute atomic E-state index is 0.0367. The zero-order valence-corrected chi connectivity index (χ0v) is 21.2. The van der Waals surface area contributed by atoms with Crippen molar-refractivity contribution in [3.63, 3.8) is 0 Å². The molecular weight excluding hydrogens is 444 g/mol. The molecule has 1 saturated carbocycles. The van der Waals surface area contributed by atoms with Crippen molar-refractivity contribution in [3.8, 4) is 5.88 Å². The fourth-order valence-electron chi connectivity index (χ4n) is 5.04. The van der Waals surface area contributed by atoms with Gasteiger partial charge in [-0.1, -0.05) is 46.0 Å². The molecule has 1 aliphatic rings. The van der Waals surface area contributed by atoms with Crippen molar-refractivity contribution in [2.45, 2.75) is 83.7 Å². The van der Waals surface area contributed by atoms with Crippen LogP contribution in [0, 0.1) is 11.8 Å². The van der Waals surface area contributed by atoms with Crippen LogP contribution in [0.5, 0.6) is 5.88 Å². The first-order chi connectivity index (χ1) is 16.7. The van der Waals surface area contributed by atoms with Crippen molar-refractivity contribution in [1.82, 2.24) is 20.9 Å². The summed E-state index contributed by atoms with van der Waals surface area (Å²) in [5.74, 6) is 0.223. The van der Waals surface area contributed by atoms with E-state index in [0.717, 1.165) is 17.3 Å². The number of rotatable bonds is 11. The largest absolute Gasteiger partial charge is 0.495 e. The summed E-state index contributed by atoms with van der Waals surface area (Å²) in [5.41, 5.74) is 1.16. The van der Waals surface area contributed by atoms with Crippen molar-refractivity contribution in [2.24, 2.45) is 11.8 Å². The zero-order chi connectivity index (χ0) is 25.4. The smallest absolute Gasteiger partial charge is 0.251 e. The van der Waals surface area contributed by atoms with E-state index >= 15 is 0 Å². The number of carbonyl (C=O) groups is 3. The molecule has 0 spiro atoms. The molecule has 1 aromatic heterocycles. The molecule has 0 aliphatic heterocycles. The van der Waals surface area contributed by atoms with Gasteiger partial charge >= 0.3 is 0 Å². The summed E-state index contributed by atoms with van der Waals surface area (Å²) in [6.07, 6.45) is 8.38. The van der Waals surface area contributed by atoms with Crippen LogP contribution < -0.4 is 16.0 Å². The third-order valence-corrected chi connectivity index (χ3v) is 6.89. The molecule has 1 aliphatic carbocycles. The number of benzene rings is 1. The van der Waals surface area contributed by atoms with E-state index in [4.69, 9.17) is 0 Å². The van der Waals surface area contributed by atoms with Crippen LogP contribution in [0.4, 0.5) is 0 Å². The predicted molar refractivity (Wildman–Crippen MR) is 137 cm³/mol. The van der Waals surface area contributed by atoms with Crippen molar-refractivity contribution in [1.29, 1.82) is 0 Å². The van der Waals surface area contributed by atoms with E-state index in [1.807, 2.05) is 0 Å². The van der Waals surface area contributed by atoms with Gasteiger partial charge in [0.2, 0.25) is 11.8 Å². The highest BCUT2D eigenvalue weighted by Gasteiger charge is 2.27. The van der Waals surface area contributed by atoms with E-state index in [9.17, 15) is 19.5 Å². The summed E-state index contributed by atoms with van der Waals surface area (Å²) in [6, 6.07) is 5.70. The molecule has 0 saturated heterocycles. The lowest BCUT2D eigenvalue weighted by molar-refractivity contribution is -0.125. The van der Waals surface area contributed by atoms with Gasteiger partial charge in [0.15, 0.2) is 5.88 Å². The van der Waals surface area contributed by atoms with Crippen LogP contribution in [0.1, 0.15) is 82.0 Å². The standard InChI is InChI=1S/C27H40N4O4/c1-17(2)13-21(16-24(32)28-3)29-27(35)23(11-9-18-7-5-4-6-8-18)31-26(34)19-10-12-22-20(14-19)15-25(33)30-22/h10,12,14-15,17-18,21,23,30,33H,4-9,11,13,16H2,1-3H3,(H,28,32)(H,29,35)(H,31,34)/t21-,23-/m1/s1. The molecule has 0 unspecified atom stereocenters. The van der Waals surface area contributed by atoms with Gasteiger partial charge in [-0.05, 0) is 49.3 Å². The summed E-state index contributed by atoms with van der Waals surface area (Å²) in [6.45, 7) is 4.11. The van der Waals surface area contributed by atoms with Gasteiger partial charge in [-0.2, -0.15) is 0 Å². The molecule has 35 heavy (non-hydrogen) atoms. The van der Waals surface area contributed by atoms with Crippen LogP contribution in [0.2, 0.25) is 0 Å². The van der Waals surface area contributed by atoms with Gasteiger partial charge in [0, 0.05) is 42.0 Å². The third kappa shape index (κ3) is 8.01. The Morgan fingerprint density at radius 1 is 1.09 bits per heavy atom. The molecule has 192 valence electrons. The van der Waals surface area contributed by atoms with Crippen LogP contribution in [0.25, 0.3) is 10.9 Å². The first-order valence-electron chi connectivity index (χ1n) is 12.9. The fraction of sp³-hybridized carbons (Fsp3) is 0.593. The molecule has 2 atom stereocenters. The second-order valence-electron chi connectivity index (χ2n) is 10.3. The highest BCUT2D eigenvalue weighted by atomic mass is 16.3. The van der Waals surface area contributed by atoms with Gasteiger partial charge in [0.25, 0.3) is 5.91 Å². The molecule has 3 amide bonds. The topological polar surface area (TPSA) is 123 Å². The molecule has 1 aromatic carbocycles. The van der Waals surface area contributed by atoms with Gasteiger partial charge in [-0.3, -0.25) is 14.4 Å². The normalized spacial score (nSPS) is 16.1. The number of fused-ring (bicyclic) bond motifs is 1. The highest BCUT2D eigenvalue weighted by Crippen LogP contribution is 2.28. The van der Waals surface area contributed by atoms with Crippen molar-refractivity contribution in [3.05, 3.63) is 29.8 Å². The SMILES string of the molecule is CNC(=O)C[C@@H](CC(C)C)NC(=O)[C@@H](CCC1CCCCC1)NC(=O)c1ccc2[nH]c(O)cc2c1. The maximum Gasteiger partial charge on any atom is 0.251 e. The quantitative estimate of drug-likeness (QED) is 0.331. The lowest BCUT2D eigenvalue weighted by Gasteiger charge is -2.27. The second-order valence-corrected chi connectivity index (χ2v) is 10.3. The molecule has 8 heteroatoms. The summed E-state index contributed by atoms with van der Waals surface area (Å²) < 4.78 is 0. The molecule has 0 radical (unpaired) electrons. The summed E-state index contributed by atoms with van der Waals surface area (Å²) in [7, 11) is 1.59. The number of aromatic amines is 1. The van der Waals surface area contributed by atoms with E-state index in [1.54, 1.807) is 31.3 Å². The Morgan fingerprint density at radius 3 is 2.51 bits per heavy atom. The maximum absolute atomic E-state index is 13.4. The van der Waals surface area contributed by atoms with Crippen LogP contribution in [0.15, 0.2) is 24.3 Å². The molecule has 8 nitrogen and oxygen atoms in total. The van der Waals surface area contributed by atoms with Crippen molar-refractivity contribution < 1.29 is 19.5 Å². The Hall–Kier alpha value is -3.03. The van der Waals surface area contributed by atoms with Gasteiger partial charge < -0.3 is 26.0 Å². The van der Waals surface area contributed by atoms with Gasteiger partial charge in [0.05, 0.1) is 0 Å². The van der Waals surface area contributed by atoms with E-state index < -0.39 is 6.04 Å². The number of aromatic nitrogens is 1. The minimum Gasteiger partial charge on any atom is -0.495 e. The van der Waals surface area contributed by atoms with Crippen LogP contribution in [-0.2, 0) is 9.59 Å². The van der Waals surface area contributed by atoms with Crippen molar-refractivity contribution >= 4 is 28.6 Å². The summed E-state index contributed by atoms with van der Waals surface area (Å²) >= 11 is 0. The Morgan fingerprint density at radius 2 is 1.83 bits per heavy atom. The number of nitrogens with one attached hydrogen (secondary N) is 4. The van der Waals surface area contributed by atoms with Gasteiger partial charge in [-0.25, -0.2) is 0 Å². The summed E-state index contributed by atoms with van der Waals surface area (Å²) in [4.78, 5) is 41.3. The number of hydrogen-bond donors (Lipinski definition) is 5. The lowest BCUT2D eigenvalue weighted by Crippen LogP contribution is -2.50. The zero-order valence-electron chi connectivity index (χ0n) is 21.2. The minimum atomic E-state index is -0.681. The van der Waals surface area contributed by atoms with E-state index in [0.29, 0.717) is 30.2 Å². The highest BCUT2D eigenvalue weighted by molar-refractivity contribution is 6.00. The average Bonchev–Trinajstić information content (AvgIpc) is 3.20. The first-order valence-corrected chi connectivity index (χ1v) is 12.9. The first kappa shape index (κ1) is 26.6. The predicted octanol–water partition coefficient (Wildman–Crippen LogP) is 4.00. The molecular formula is C27H40N4O4. The van der Waals surface area contributed by atoms with Crippen LogP contribution >= 0.6 is 0 Å². The number of amides is 3. The number of carbonyl (C=O) groups excluding carboxylic acids is 3. The molecule has 2 aromatic rings.